The number of nitrogens with one attached hydrogen (secondary N) is 1. The third-order valence-corrected chi connectivity index (χ3v) is 5.24. The SMILES string of the molecule is c1cc2[nH]ncc2cc1-c1ccc(O[C@@H]2CN3CCC2CC3)nn1. The van der Waals surface area contributed by atoms with E-state index in [1.165, 1.54) is 25.9 Å². The number of ether oxygens (including phenoxy) is 1. The molecule has 2 aromatic heterocycles. The monoisotopic (exact) mass is 321 g/mol. The van der Waals surface area contributed by atoms with E-state index in [1.807, 2.05) is 30.5 Å². The van der Waals surface area contributed by atoms with Gasteiger partial charge in [-0.15, -0.1) is 10.2 Å². The Morgan fingerprint density at radius 3 is 2.75 bits per heavy atom. The van der Waals surface area contributed by atoms with E-state index in [2.05, 4.69) is 31.4 Å². The van der Waals surface area contributed by atoms with Gasteiger partial charge in [0.2, 0.25) is 5.88 Å². The number of fused-ring (bicyclic) bond motifs is 4. The number of nitrogens with zero attached hydrogens (tertiary/aromatic N) is 4. The summed E-state index contributed by atoms with van der Waals surface area (Å²) in [7, 11) is 0. The van der Waals surface area contributed by atoms with Crippen molar-refractivity contribution in [3.8, 4) is 17.1 Å². The quantitative estimate of drug-likeness (QED) is 0.803. The Balaban J connectivity index is 1.35. The summed E-state index contributed by atoms with van der Waals surface area (Å²) in [6, 6.07) is 10.0. The van der Waals surface area contributed by atoms with E-state index in [0.29, 0.717) is 11.8 Å². The fourth-order valence-corrected chi connectivity index (χ4v) is 3.84. The van der Waals surface area contributed by atoms with Crippen molar-refractivity contribution in [2.45, 2.75) is 18.9 Å². The number of hydrogen-bond donors (Lipinski definition) is 1. The summed E-state index contributed by atoms with van der Waals surface area (Å²) in [4.78, 5) is 2.48. The Morgan fingerprint density at radius 1 is 1.08 bits per heavy atom. The molecule has 6 rings (SSSR count). The molecule has 0 saturated carbocycles. The molecular formula is C18H19N5O. The highest BCUT2D eigenvalue weighted by atomic mass is 16.5. The number of hydrogen-bond acceptors (Lipinski definition) is 5. The first-order chi connectivity index (χ1) is 11.8. The molecule has 0 spiro atoms. The van der Waals surface area contributed by atoms with Gasteiger partial charge in [0.25, 0.3) is 0 Å². The Hall–Kier alpha value is -2.47. The van der Waals surface area contributed by atoms with Gasteiger partial charge in [-0.25, -0.2) is 0 Å². The maximum absolute atomic E-state index is 6.11. The van der Waals surface area contributed by atoms with Gasteiger partial charge in [0.1, 0.15) is 6.10 Å². The van der Waals surface area contributed by atoms with Crippen molar-refractivity contribution < 1.29 is 4.74 Å². The lowest BCUT2D eigenvalue weighted by Crippen LogP contribution is -2.52. The Kier molecular flexibility index (Phi) is 3.23. The van der Waals surface area contributed by atoms with Crippen molar-refractivity contribution in [2.24, 2.45) is 5.92 Å². The third kappa shape index (κ3) is 2.43. The van der Waals surface area contributed by atoms with Gasteiger partial charge in [0.05, 0.1) is 17.4 Å². The highest BCUT2D eigenvalue weighted by molar-refractivity contribution is 5.83. The molecule has 122 valence electrons. The van der Waals surface area contributed by atoms with Crippen molar-refractivity contribution in [1.29, 1.82) is 0 Å². The highest BCUT2D eigenvalue weighted by Gasteiger charge is 2.35. The number of rotatable bonds is 3. The number of aromatic nitrogens is 4. The van der Waals surface area contributed by atoms with Gasteiger partial charge >= 0.3 is 0 Å². The second-order valence-electron chi connectivity index (χ2n) is 6.72. The van der Waals surface area contributed by atoms with Gasteiger partial charge in [-0.1, -0.05) is 6.07 Å². The third-order valence-electron chi connectivity index (χ3n) is 5.24. The minimum Gasteiger partial charge on any atom is -0.472 e. The van der Waals surface area contributed by atoms with Gasteiger partial charge in [0, 0.05) is 23.6 Å². The zero-order valence-electron chi connectivity index (χ0n) is 13.4. The average molecular weight is 321 g/mol. The fourth-order valence-electron chi connectivity index (χ4n) is 3.84. The molecule has 24 heavy (non-hydrogen) atoms. The van der Waals surface area contributed by atoms with Gasteiger partial charge in [-0.2, -0.15) is 5.10 Å². The average Bonchev–Trinajstić information content (AvgIpc) is 3.11. The Bertz CT molecular complexity index is 851. The molecular weight excluding hydrogens is 302 g/mol. The van der Waals surface area contributed by atoms with E-state index in [0.717, 1.165) is 28.7 Å². The minimum absolute atomic E-state index is 0.259. The van der Waals surface area contributed by atoms with Crippen LogP contribution < -0.4 is 4.74 Å². The molecule has 0 aliphatic carbocycles. The van der Waals surface area contributed by atoms with Crippen LogP contribution in [-0.2, 0) is 0 Å². The van der Waals surface area contributed by atoms with E-state index in [9.17, 15) is 0 Å². The van der Waals surface area contributed by atoms with Crippen LogP contribution in [0.1, 0.15) is 12.8 Å². The summed E-state index contributed by atoms with van der Waals surface area (Å²) >= 11 is 0. The molecule has 0 radical (unpaired) electrons. The predicted molar refractivity (Wildman–Crippen MR) is 90.7 cm³/mol. The van der Waals surface area contributed by atoms with Crippen LogP contribution in [-0.4, -0.2) is 51.0 Å². The largest absolute Gasteiger partial charge is 0.472 e. The first-order valence-electron chi connectivity index (χ1n) is 8.51. The van der Waals surface area contributed by atoms with Crippen LogP contribution in [0, 0.1) is 5.92 Å². The minimum atomic E-state index is 0.259. The van der Waals surface area contributed by atoms with Crippen LogP contribution in [0.25, 0.3) is 22.2 Å². The summed E-state index contributed by atoms with van der Waals surface area (Å²) in [5.74, 6) is 1.29. The number of aromatic amines is 1. The highest BCUT2D eigenvalue weighted by Crippen LogP contribution is 2.30. The summed E-state index contributed by atoms with van der Waals surface area (Å²) < 4.78 is 6.11. The van der Waals surface area contributed by atoms with Crippen molar-refractivity contribution in [3.63, 3.8) is 0 Å². The normalized spacial score (nSPS) is 25.9. The molecule has 3 saturated heterocycles. The summed E-state index contributed by atoms with van der Waals surface area (Å²) in [6.07, 6.45) is 4.55. The molecule has 6 nitrogen and oxygen atoms in total. The second-order valence-corrected chi connectivity index (χ2v) is 6.72. The van der Waals surface area contributed by atoms with E-state index >= 15 is 0 Å². The Labute approximate surface area is 139 Å². The molecule has 3 fully saturated rings. The molecule has 0 amide bonds. The summed E-state index contributed by atoms with van der Waals surface area (Å²) in [5, 5.41) is 16.7. The molecule has 6 heteroatoms. The van der Waals surface area contributed by atoms with Crippen molar-refractivity contribution in [1.82, 2.24) is 25.3 Å². The summed E-state index contributed by atoms with van der Waals surface area (Å²) in [5.41, 5.74) is 2.90. The van der Waals surface area contributed by atoms with Gasteiger partial charge < -0.3 is 4.74 Å². The van der Waals surface area contributed by atoms with E-state index in [1.54, 1.807) is 0 Å². The van der Waals surface area contributed by atoms with Crippen LogP contribution >= 0.6 is 0 Å². The Morgan fingerprint density at radius 2 is 2.00 bits per heavy atom. The number of piperidine rings is 3. The summed E-state index contributed by atoms with van der Waals surface area (Å²) in [6.45, 7) is 3.45. The van der Waals surface area contributed by atoms with Crippen molar-refractivity contribution in [3.05, 3.63) is 36.5 Å². The molecule has 3 aromatic rings. The van der Waals surface area contributed by atoms with Crippen LogP contribution in [0.5, 0.6) is 5.88 Å². The first-order valence-corrected chi connectivity index (χ1v) is 8.51. The lowest BCUT2D eigenvalue weighted by atomic mass is 9.86. The van der Waals surface area contributed by atoms with Crippen LogP contribution in [0.4, 0.5) is 0 Å². The molecule has 1 N–H and O–H groups in total. The van der Waals surface area contributed by atoms with Crippen LogP contribution in [0.15, 0.2) is 36.5 Å². The molecule has 3 aliphatic heterocycles. The smallest absolute Gasteiger partial charge is 0.233 e. The van der Waals surface area contributed by atoms with Gasteiger partial charge in [-0.3, -0.25) is 10.00 Å². The molecule has 2 bridgehead atoms. The van der Waals surface area contributed by atoms with Gasteiger partial charge in [0.15, 0.2) is 0 Å². The molecule has 1 atom stereocenters. The van der Waals surface area contributed by atoms with Crippen LogP contribution in [0.2, 0.25) is 0 Å². The van der Waals surface area contributed by atoms with E-state index < -0.39 is 0 Å². The fraction of sp³-hybridized carbons (Fsp3) is 0.389. The molecule has 5 heterocycles. The van der Waals surface area contributed by atoms with Gasteiger partial charge in [-0.05, 0) is 50.0 Å². The second kappa shape index (κ2) is 5.56. The molecule has 0 unspecified atom stereocenters. The van der Waals surface area contributed by atoms with E-state index in [4.69, 9.17) is 4.74 Å². The number of H-pyrrole nitrogens is 1. The lowest BCUT2D eigenvalue weighted by molar-refractivity contribution is -0.0103. The lowest BCUT2D eigenvalue weighted by Gasteiger charge is -2.44. The van der Waals surface area contributed by atoms with Crippen LogP contribution in [0.3, 0.4) is 0 Å². The topological polar surface area (TPSA) is 66.9 Å². The zero-order chi connectivity index (χ0) is 15.9. The van der Waals surface area contributed by atoms with Crippen molar-refractivity contribution in [2.75, 3.05) is 19.6 Å². The maximum atomic E-state index is 6.11. The standard InChI is InChI=1S/C18H19N5O/c1-2-16-14(10-19-20-16)9-13(1)15-3-4-18(22-21-15)24-17-11-23-7-5-12(17)6-8-23/h1-4,9-10,12,17H,5-8,11H2,(H,19,20)/t17-/m1/s1. The van der Waals surface area contributed by atoms with E-state index in [-0.39, 0.29) is 6.10 Å². The first kappa shape index (κ1) is 13.9. The molecule has 3 aliphatic rings. The zero-order valence-corrected chi connectivity index (χ0v) is 13.4. The number of benzene rings is 1. The van der Waals surface area contributed by atoms with Crippen molar-refractivity contribution >= 4 is 10.9 Å². The maximum Gasteiger partial charge on any atom is 0.233 e. The predicted octanol–water partition coefficient (Wildman–Crippen LogP) is 2.49. The molecule has 1 aromatic carbocycles.